The number of amides is 1. The van der Waals surface area contributed by atoms with Gasteiger partial charge in [0.1, 0.15) is 12.4 Å². The highest BCUT2D eigenvalue weighted by Crippen LogP contribution is 2.18. The summed E-state index contributed by atoms with van der Waals surface area (Å²) < 4.78 is 37.9. The zero-order valence-corrected chi connectivity index (χ0v) is 13.5. The van der Waals surface area contributed by atoms with E-state index in [1.807, 2.05) is 6.07 Å². The molecule has 24 heavy (non-hydrogen) atoms. The smallest absolute Gasteiger partial charge is 0.245 e. The Hall–Kier alpha value is -2.92. The zero-order valence-electron chi connectivity index (χ0n) is 12.7. The minimum Gasteiger partial charge on any atom is -0.325 e. The van der Waals surface area contributed by atoms with Crippen LogP contribution >= 0.6 is 0 Å². The molecule has 0 spiro atoms. The predicted octanol–water partition coefficient (Wildman–Crippen LogP) is 2.10. The van der Waals surface area contributed by atoms with Gasteiger partial charge >= 0.3 is 0 Å². The number of halogens is 1. The van der Waals surface area contributed by atoms with E-state index in [-0.39, 0.29) is 5.69 Å². The van der Waals surface area contributed by atoms with Gasteiger partial charge in [0.05, 0.1) is 23.6 Å². The van der Waals surface area contributed by atoms with Crippen molar-refractivity contribution >= 4 is 27.3 Å². The van der Waals surface area contributed by atoms with Crippen LogP contribution in [0.2, 0.25) is 0 Å². The van der Waals surface area contributed by atoms with E-state index in [1.165, 1.54) is 42.5 Å². The summed E-state index contributed by atoms with van der Waals surface area (Å²) in [4.78, 5) is 12.1. The van der Waals surface area contributed by atoms with Crippen LogP contribution in [0.3, 0.4) is 0 Å². The number of hydrogen-bond donors (Lipinski definition) is 1. The molecule has 0 radical (unpaired) electrons. The molecule has 2 aromatic rings. The van der Waals surface area contributed by atoms with Gasteiger partial charge in [0, 0.05) is 5.69 Å². The largest absolute Gasteiger partial charge is 0.325 e. The summed E-state index contributed by atoms with van der Waals surface area (Å²) >= 11 is 0. The van der Waals surface area contributed by atoms with Gasteiger partial charge in [-0.3, -0.25) is 9.10 Å². The number of nitrogens with one attached hydrogen (secondary N) is 1. The molecule has 1 amide bonds. The lowest BCUT2D eigenvalue weighted by atomic mass is 10.2. The minimum absolute atomic E-state index is 0.0625. The van der Waals surface area contributed by atoms with Crippen LogP contribution in [0.15, 0.2) is 48.5 Å². The Kier molecular flexibility index (Phi) is 5.16. The van der Waals surface area contributed by atoms with Gasteiger partial charge < -0.3 is 5.32 Å². The minimum atomic E-state index is -3.77. The molecular formula is C16H14FN3O3S. The predicted molar refractivity (Wildman–Crippen MR) is 88.4 cm³/mol. The van der Waals surface area contributed by atoms with E-state index in [1.54, 1.807) is 0 Å². The van der Waals surface area contributed by atoms with Crippen molar-refractivity contribution in [3.8, 4) is 6.07 Å². The highest BCUT2D eigenvalue weighted by atomic mass is 32.2. The Balaban J connectivity index is 2.17. The van der Waals surface area contributed by atoms with E-state index in [0.29, 0.717) is 11.3 Å². The number of sulfonamides is 1. The van der Waals surface area contributed by atoms with Gasteiger partial charge in [0.2, 0.25) is 15.9 Å². The van der Waals surface area contributed by atoms with Gasteiger partial charge in [-0.1, -0.05) is 6.07 Å². The van der Waals surface area contributed by atoms with E-state index in [0.717, 1.165) is 16.6 Å². The van der Waals surface area contributed by atoms with E-state index in [9.17, 15) is 17.6 Å². The van der Waals surface area contributed by atoms with Crippen LogP contribution in [-0.2, 0) is 14.8 Å². The lowest BCUT2D eigenvalue weighted by Gasteiger charge is -2.21. The quantitative estimate of drug-likeness (QED) is 0.897. The molecule has 0 atom stereocenters. The second kappa shape index (κ2) is 7.10. The Bertz CT molecular complexity index is 890. The Morgan fingerprint density at radius 2 is 1.92 bits per heavy atom. The molecule has 124 valence electrons. The molecule has 2 rings (SSSR count). The second-order valence-corrected chi connectivity index (χ2v) is 6.89. The van der Waals surface area contributed by atoms with Crippen molar-refractivity contribution in [2.75, 3.05) is 22.4 Å². The van der Waals surface area contributed by atoms with Crippen molar-refractivity contribution in [1.29, 1.82) is 5.26 Å². The van der Waals surface area contributed by atoms with Gasteiger partial charge in [-0.2, -0.15) is 5.26 Å². The van der Waals surface area contributed by atoms with Crippen LogP contribution in [0.4, 0.5) is 15.8 Å². The zero-order chi connectivity index (χ0) is 17.7. The first-order valence-electron chi connectivity index (χ1n) is 6.83. The first-order chi connectivity index (χ1) is 11.3. The van der Waals surface area contributed by atoms with Crippen LogP contribution in [0.5, 0.6) is 0 Å². The van der Waals surface area contributed by atoms with Gasteiger partial charge in [0.15, 0.2) is 0 Å². The number of nitriles is 1. The molecular weight excluding hydrogens is 333 g/mol. The summed E-state index contributed by atoms with van der Waals surface area (Å²) in [6.07, 6.45) is 0.937. The van der Waals surface area contributed by atoms with E-state index >= 15 is 0 Å². The molecule has 0 unspecified atom stereocenters. The van der Waals surface area contributed by atoms with E-state index in [4.69, 9.17) is 5.26 Å². The van der Waals surface area contributed by atoms with Crippen LogP contribution in [0, 0.1) is 17.1 Å². The third-order valence-electron chi connectivity index (χ3n) is 3.08. The highest BCUT2D eigenvalue weighted by Gasteiger charge is 2.21. The molecule has 8 heteroatoms. The molecule has 0 aliphatic rings. The van der Waals surface area contributed by atoms with Crippen molar-refractivity contribution in [3.05, 3.63) is 59.9 Å². The molecule has 0 aromatic heterocycles. The number of carbonyl (C=O) groups excluding carboxylic acids is 1. The monoisotopic (exact) mass is 347 g/mol. The van der Waals surface area contributed by atoms with Crippen molar-refractivity contribution in [3.63, 3.8) is 0 Å². The number of benzene rings is 2. The summed E-state index contributed by atoms with van der Waals surface area (Å²) in [5.74, 6) is -1.19. The van der Waals surface area contributed by atoms with Crippen molar-refractivity contribution in [1.82, 2.24) is 0 Å². The molecule has 0 bridgehead atoms. The first kappa shape index (κ1) is 17.4. The Labute approximate surface area is 139 Å². The summed E-state index contributed by atoms with van der Waals surface area (Å²) in [5.41, 5.74) is 0.921. The Morgan fingerprint density at radius 1 is 1.25 bits per heavy atom. The molecule has 1 N–H and O–H groups in total. The molecule has 0 saturated carbocycles. The maximum atomic E-state index is 13.3. The van der Waals surface area contributed by atoms with Crippen molar-refractivity contribution < 1.29 is 17.6 Å². The van der Waals surface area contributed by atoms with Crippen LogP contribution in [0.25, 0.3) is 0 Å². The summed E-state index contributed by atoms with van der Waals surface area (Å²) in [6, 6.07) is 13.0. The number of nitrogens with zero attached hydrogens (tertiary/aromatic N) is 2. The maximum Gasteiger partial charge on any atom is 0.245 e. The topological polar surface area (TPSA) is 90.3 Å². The molecule has 6 nitrogen and oxygen atoms in total. The first-order valence-corrected chi connectivity index (χ1v) is 8.68. The van der Waals surface area contributed by atoms with Crippen LogP contribution in [0.1, 0.15) is 5.56 Å². The molecule has 0 saturated heterocycles. The van der Waals surface area contributed by atoms with E-state index < -0.39 is 28.3 Å². The lowest BCUT2D eigenvalue weighted by molar-refractivity contribution is -0.114. The third-order valence-corrected chi connectivity index (χ3v) is 4.22. The fraction of sp³-hybridized carbons (Fsp3) is 0.125. The Morgan fingerprint density at radius 3 is 2.46 bits per heavy atom. The number of carbonyl (C=O) groups is 1. The highest BCUT2D eigenvalue weighted by molar-refractivity contribution is 7.92. The lowest BCUT2D eigenvalue weighted by Crippen LogP contribution is -2.37. The number of rotatable bonds is 5. The number of anilines is 2. The number of hydrogen-bond acceptors (Lipinski definition) is 4. The molecule has 0 fully saturated rings. The van der Waals surface area contributed by atoms with Crippen molar-refractivity contribution in [2.24, 2.45) is 0 Å². The third kappa shape index (κ3) is 4.54. The average molecular weight is 347 g/mol. The normalized spacial score (nSPS) is 10.7. The van der Waals surface area contributed by atoms with Crippen LogP contribution in [-0.4, -0.2) is 27.1 Å². The maximum absolute atomic E-state index is 13.3. The fourth-order valence-electron chi connectivity index (χ4n) is 1.99. The van der Waals surface area contributed by atoms with Crippen molar-refractivity contribution in [2.45, 2.75) is 0 Å². The fourth-order valence-corrected chi connectivity index (χ4v) is 2.84. The molecule has 2 aromatic carbocycles. The van der Waals surface area contributed by atoms with Crippen LogP contribution < -0.4 is 9.62 Å². The molecule has 0 aliphatic heterocycles. The summed E-state index contributed by atoms with van der Waals surface area (Å²) in [6.45, 7) is -0.498. The standard InChI is InChI=1S/C16H14FN3O3S/c1-24(22,23)20(15-4-2-3-13(17)9-15)11-16(21)19-14-7-5-12(10-18)6-8-14/h2-9H,11H2,1H3,(H,19,21). The average Bonchev–Trinajstić information content (AvgIpc) is 2.52. The molecule has 0 aliphatic carbocycles. The van der Waals surface area contributed by atoms with Gasteiger partial charge in [-0.05, 0) is 42.5 Å². The molecule has 0 heterocycles. The second-order valence-electron chi connectivity index (χ2n) is 4.99. The summed E-state index contributed by atoms with van der Waals surface area (Å²) in [7, 11) is -3.77. The van der Waals surface area contributed by atoms with Gasteiger partial charge in [0.25, 0.3) is 0 Å². The van der Waals surface area contributed by atoms with Gasteiger partial charge in [-0.25, -0.2) is 12.8 Å². The SMILES string of the molecule is CS(=O)(=O)N(CC(=O)Nc1ccc(C#N)cc1)c1cccc(F)c1. The van der Waals surface area contributed by atoms with E-state index in [2.05, 4.69) is 5.32 Å². The summed E-state index contributed by atoms with van der Waals surface area (Å²) in [5, 5.41) is 11.3. The van der Waals surface area contributed by atoms with Gasteiger partial charge in [-0.15, -0.1) is 0 Å².